The summed E-state index contributed by atoms with van der Waals surface area (Å²) < 4.78 is 25.9. The van der Waals surface area contributed by atoms with Gasteiger partial charge in [0.2, 0.25) is 0 Å². The van der Waals surface area contributed by atoms with Crippen molar-refractivity contribution in [2.24, 2.45) is 0 Å². The van der Waals surface area contributed by atoms with Gasteiger partial charge in [0.1, 0.15) is 0 Å². The second kappa shape index (κ2) is 8.66. The van der Waals surface area contributed by atoms with E-state index in [1.54, 1.807) is 12.1 Å². The van der Waals surface area contributed by atoms with E-state index in [9.17, 15) is 8.42 Å². The van der Waals surface area contributed by atoms with Crippen LogP contribution < -0.4 is 4.90 Å². The number of piperazine rings is 1. The van der Waals surface area contributed by atoms with Crippen molar-refractivity contribution >= 4 is 27.1 Å². The monoisotopic (exact) mass is 432 g/mol. The summed E-state index contributed by atoms with van der Waals surface area (Å²) in [5.41, 5.74) is 1.22. The lowest BCUT2D eigenvalue weighted by molar-refractivity contribution is 0.234. The minimum absolute atomic E-state index is 0.483. The van der Waals surface area contributed by atoms with Crippen LogP contribution >= 0.6 is 11.6 Å². The molecule has 0 N–H and O–H groups in total. The van der Waals surface area contributed by atoms with Crippen molar-refractivity contribution in [1.29, 1.82) is 0 Å². The van der Waals surface area contributed by atoms with Crippen LogP contribution in [0.2, 0.25) is 5.02 Å². The molecular weight excluding hydrogens is 404 g/mol. The van der Waals surface area contributed by atoms with Crippen molar-refractivity contribution in [3.63, 3.8) is 0 Å². The Morgan fingerprint density at radius 3 is 2.14 bits per heavy atom. The van der Waals surface area contributed by atoms with E-state index in [1.807, 2.05) is 30.3 Å². The van der Waals surface area contributed by atoms with Gasteiger partial charge in [0.15, 0.2) is 9.84 Å². The smallest absolute Gasteiger partial charge is 0.184 e. The number of nitrogens with zero attached hydrogens (tertiary/aromatic N) is 2. The molecule has 2 fully saturated rings. The Morgan fingerprint density at radius 1 is 0.897 bits per heavy atom. The molecule has 4 nitrogen and oxygen atoms in total. The number of benzene rings is 2. The normalized spacial score (nSPS) is 19.7. The fraction of sp³-hybridized carbons (Fsp3) is 0.478. The van der Waals surface area contributed by atoms with Gasteiger partial charge in [-0.3, -0.25) is 4.90 Å². The number of halogens is 1. The van der Waals surface area contributed by atoms with Gasteiger partial charge in [-0.1, -0.05) is 36.2 Å². The van der Waals surface area contributed by atoms with E-state index in [1.165, 1.54) is 5.69 Å². The van der Waals surface area contributed by atoms with E-state index in [2.05, 4.69) is 21.9 Å². The van der Waals surface area contributed by atoms with Crippen molar-refractivity contribution in [2.45, 2.75) is 41.7 Å². The summed E-state index contributed by atoms with van der Waals surface area (Å²) in [6.45, 7) is 4.99. The van der Waals surface area contributed by atoms with Gasteiger partial charge in [-0.05, 0) is 68.6 Å². The van der Waals surface area contributed by atoms with Crippen LogP contribution in [0, 0.1) is 0 Å². The summed E-state index contributed by atoms with van der Waals surface area (Å²) in [5.74, 6) is 0. The molecule has 1 saturated carbocycles. The fourth-order valence-corrected chi connectivity index (χ4v) is 6.96. The standard InChI is InChI=1S/C23H29ClN2O2S/c24-20-8-10-21(11-9-20)26-18-16-25(17-19-26)15-5-14-23(12-4-13-23)29(27,28)22-6-2-1-3-7-22/h1-3,6-11H,4-5,12-19H2. The molecule has 2 aliphatic rings. The molecule has 2 aromatic rings. The molecule has 1 aliphatic heterocycles. The summed E-state index contributed by atoms with van der Waals surface area (Å²) in [6, 6.07) is 17.0. The van der Waals surface area contributed by atoms with Crippen molar-refractivity contribution in [3.05, 3.63) is 59.6 Å². The first-order chi connectivity index (χ1) is 14.0. The van der Waals surface area contributed by atoms with E-state index in [0.717, 1.165) is 69.9 Å². The molecule has 0 aromatic heterocycles. The Bertz CT molecular complexity index is 904. The molecular formula is C23H29ClN2O2S. The van der Waals surface area contributed by atoms with E-state index in [4.69, 9.17) is 11.6 Å². The van der Waals surface area contributed by atoms with Crippen molar-refractivity contribution in [1.82, 2.24) is 4.90 Å². The van der Waals surface area contributed by atoms with E-state index in [-0.39, 0.29) is 0 Å². The van der Waals surface area contributed by atoms with Gasteiger partial charge in [-0.15, -0.1) is 0 Å². The van der Waals surface area contributed by atoms with Gasteiger partial charge >= 0.3 is 0 Å². The van der Waals surface area contributed by atoms with Gasteiger partial charge in [-0.25, -0.2) is 8.42 Å². The third-order valence-electron chi connectivity index (χ3n) is 6.56. The van der Waals surface area contributed by atoms with E-state index >= 15 is 0 Å². The maximum Gasteiger partial charge on any atom is 0.184 e. The molecule has 29 heavy (non-hydrogen) atoms. The Hall–Kier alpha value is -1.56. The minimum Gasteiger partial charge on any atom is -0.369 e. The molecule has 0 atom stereocenters. The maximum absolute atomic E-state index is 13.2. The zero-order chi connectivity index (χ0) is 20.3. The average molecular weight is 433 g/mol. The topological polar surface area (TPSA) is 40.6 Å². The molecule has 1 aliphatic carbocycles. The predicted octanol–water partition coefficient (Wildman–Crippen LogP) is 4.64. The number of anilines is 1. The van der Waals surface area contributed by atoms with Gasteiger partial charge in [0, 0.05) is 36.9 Å². The first kappa shape index (κ1) is 20.7. The Labute approximate surface area is 179 Å². The van der Waals surface area contributed by atoms with Crippen LogP contribution in [0.5, 0.6) is 0 Å². The quantitative estimate of drug-likeness (QED) is 0.639. The lowest BCUT2D eigenvalue weighted by Crippen LogP contribution is -2.48. The van der Waals surface area contributed by atoms with E-state index in [0.29, 0.717) is 4.90 Å². The highest BCUT2D eigenvalue weighted by Gasteiger charge is 2.48. The highest BCUT2D eigenvalue weighted by atomic mass is 35.5. The van der Waals surface area contributed by atoms with Crippen LogP contribution in [0.3, 0.4) is 0 Å². The van der Waals surface area contributed by atoms with E-state index < -0.39 is 14.6 Å². The fourth-order valence-electron chi connectivity index (χ4n) is 4.58. The zero-order valence-electron chi connectivity index (χ0n) is 16.8. The van der Waals surface area contributed by atoms with Crippen molar-refractivity contribution in [2.75, 3.05) is 37.6 Å². The van der Waals surface area contributed by atoms with Crippen molar-refractivity contribution in [3.8, 4) is 0 Å². The second-order valence-electron chi connectivity index (χ2n) is 8.26. The van der Waals surface area contributed by atoms with Gasteiger partial charge in [0.25, 0.3) is 0 Å². The van der Waals surface area contributed by atoms with Crippen LogP contribution in [0.25, 0.3) is 0 Å². The molecule has 1 saturated heterocycles. The molecule has 2 aromatic carbocycles. The lowest BCUT2D eigenvalue weighted by Gasteiger charge is -2.42. The van der Waals surface area contributed by atoms with Crippen LogP contribution in [0.1, 0.15) is 32.1 Å². The summed E-state index contributed by atoms with van der Waals surface area (Å²) >= 11 is 5.99. The van der Waals surface area contributed by atoms with Crippen LogP contribution in [0.15, 0.2) is 59.5 Å². The summed E-state index contributed by atoms with van der Waals surface area (Å²) in [6.07, 6.45) is 4.32. The summed E-state index contributed by atoms with van der Waals surface area (Å²) in [5, 5.41) is 0.766. The Kier molecular flexibility index (Phi) is 6.19. The van der Waals surface area contributed by atoms with Gasteiger partial charge in [0.05, 0.1) is 9.64 Å². The third-order valence-corrected chi connectivity index (χ3v) is 9.46. The SMILES string of the molecule is O=S(=O)(c1ccccc1)C1(CCCN2CCN(c3ccc(Cl)cc3)CC2)CCC1. The lowest BCUT2D eigenvalue weighted by atomic mass is 9.81. The molecule has 156 valence electrons. The molecule has 0 radical (unpaired) electrons. The molecule has 0 unspecified atom stereocenters. The van der Waals surface area contributed by atoms with Crippen molar-refractivity contribution < 1.29 is 8.42 Å². The second-order valence-corrected chi connectivity index (χ2v) is 11.0. The number of sulfone groups is 1. The molecule has 6 heteroatoms. The van der Waals surface area contributed by atoms with Crippen LogP contribution in [0.4, 0.5) is 5.69 Å². The average Bonchev–Trinajstić information content (AvgIpc) is 2.71. The minimum atomic E-state index is -3.25. The zero-order valence-corrected chi connectivity index (χ0v) is 18.3. The summed E-state index contributed by atoms with van der Waals surface area (Å²) in [4.78, 5) is 5.34. The number of rotatable bonds is 7. The largest absolute Gasteiger partial charge is 0.369 e. The highest BCUT2D eigenvalue weighted by molar-refractivity contribution is 7.93. The molecule has 4 rings (SSSR count). The first-order valence-electron chi connectivity index (χ1n) is 10.5. The molecule has 1 heterocycles. The molecule has 0 bridgehead atoms. The highest BCUT2D eigenvalue weighted by Crippen LogP contribution is 2.46. The Balaban J connectivity index is 1.29. The summed E-state index contributed by atoms with van der Waals surface area (Å²) in [7, 11) is -3.25. The first-order valence-corrected chi connectivity index (χ1v) is 12.4. The van der Waals surface area contributed by atoms with Gasteiger partial charge in [-0.2, -0.15) is 0 Å². The van der Waals surface area contributed by atoms with Crippen LogP contribution in [-0.2, 0) is 9.84 Å². The van der Waals surface area contributed by atoms with Crippen LogP contribution in [-0.4, -0.2) is 50.8 Å². The number of hydrogen-bond donors (Lipinski definition) is 0. The molecule has 0 spiro atoms. The van der Waals surface area contributed by atoms with Gasteiger partial charge < -0.3 is 4.90 Å². The molecule has 0 amide bonds. The Morgan fingerprint density at radius 2 is 1.55 bits per heavy atom. The predicted molar refractivity (Wildman–Crippen MR) is 120 cm³/mol. The third kappa shape index (κ3) is 4.32. The maximum atomic E-state index is 13.2. The number of hydrogen-bond acceptors (Lipinski definition) is 4.